The minimum atomic E-state index is -0.590. The predicted octanol–water partition coefficient (Wildman–Crippen LogP) is 1.16. The highest BCUT2D eigenvalue weighted by Gasteiger charge is 2.06. The molecule has 0 aliphatic rings. The van der Waals surface area contributed by atoms with E-state index >= 15 is 0 Å². The lowest BCUT2D eigenvalue weighted by Gasteiger charge is -2.12. The second-order valence-electron chi connectivity index (χ2n) is 4.44. The van der Waals surface area contributed by atoms with Gasteiger partial charge in [-0.25, -0.2) is 0 Å². The van der Waals surface area contributed by atoms with Gasteiger partial charge in [-0.05, 0) is 24.1 Å². The molecule has 1 aromatic heterocycles. The number of aliphatic hydroxyl groups excluding tert-OH is 1. The molecule has 0 aliphatic carbocycles. The number of hydrogen-bond acceptors (Lipinski definition) is 6. The molecule has 0 spiro atoms. The molecule has 2 aromatic rings. The molecule has 1 atom stereocenters. The van der Waals surface area contributed by atoms with Crippen LogP contribution in [0.5, 0.6) is 5.75 Å². The molecule has 1 heterocycles. The summed E-state index contributed by atoms with van der Waals surface area (Å²) in [7, 11) is 0. The molecule has 0 saturated carbocycles. The Morgan fingerprint density at radius 2 is 2.15 bits per heavy atom. The van der Waals surface area contributed by atoms with Gasteiger partial charge in [-0.1, -0.05) is 24.2 Å². The third-order valence-corrected chi connectivity index (χ3v) is 2.84. The Morgan fingerprint density at radius 1 is 1.35 bits per heavy atom. The molecule has 108 valence electrons. The van der Waals surface area contributed by atoms with E-state index in [1.165, 1.54) is 12.0 Å². The van der Waals surface area contributed by atoms with Crippen LogP contribution in [-0.4, -0.2) is 34.5 Å². The van der Waals surface area contributed by atoms with E-state index in [0.29, 0.717) is 18.9 Å². The van der Waals surface area contributed by atoms with Gasteiger partial charge < -0.3 is 19.7 Å². The van der Waals surface area contributed by atoms with E-state index in [4.69, 9.17) is 4.74 Å². The number of benzene rings is 1. The van der Waals surface area contributed by atoms with Gasteiger partial charge in [0.15, 0.2) is 5.82 Å². The van der Waals surface area contributed by atoms with Crippen molar-refractivity contribution in [3.05, 3.63) is 42.0 Å². The summed E-state index contributed by atoms with van der Waals surface area (Å²) in [6.45, 7) is 3.21. The van der Waals surface area contributed by atoms with E-state index < -0.39 is 6.10 Å². The summed E-state index contributed by atoms with van der Waals surface area (Å²) < 4.78 is 10.1. The normalized spacial score (nSPS) is 12.3. The molecule has 0 aliphatic heterocycles. The Morgan fingerprint density at radius 3 is 2.80 bits per heavy atom. The van der Waals surface area contributed by atoms with Crippen LogP contribution in [0.1, 0.15) is 18.3 Å². The molecule has 6 heteroatoms. The molecule has 0 saturated heterocycles. The molecule has 6 nitrogen and oxygen atoms in total. The van der Waals surface area contributed by atoms with Crippen molar-refractivity contribution in [1.82, 2.24) is 15.5 Å². The minimum Gasteiger partial charge on any atom is -0.491 e. The molecule has 20 heavy (non-hydrogen) atoms. The van der Waals surface area contributed by atoms with E-state index in [2.05, 4.69) is 26.9 Å². The summed E-state index contributed by atoms with van der Waals surface area (Å²) in [6.07, 6.45) is 1.69. The van der Waals surface area contributed by atoms with E-state index in [9.17, 15) is 5.11 Å². The van der Waals surface area contributed by atoms with Gasteiger partial charge in [-0.15, -0.1) is 0 Å². The van der Waals surface area contributed by atoms with Crippen LogP contribution in [0.4, 0.5) is 0 Å². The SMILES string of the molecule is CCc1ccc(OCC(O)CNCc2ncon2)cc1. The van der Waals surface area contributed by atoms with Crippen LogP contribution in [0.2, 0.25) is 0 Å². The summed E-state index contributed by atoms with van der Waals surface area (Å²) in [5, 5.41) is 16.5. The van der Waals surface area contributed by atoms with Crippen molar-refractivity contribution in [3.63, 3.8) is 0 Å². The lowest BCUT2D eigenvalue weighted by molar-refractivity contribution is 0.106. The predicted molar refractivity (Wildman–Crippen MR) is 73.3 cm³/mol. The van der Waals surface area contributed by atoms with Gasteiger partial charge in [-0.2, -0.15) is 4.98 Å². The zero-order chi connectivity index (χ0) is 14.2. The molecule has 1 unspecified atom stereocenters. The maximum atomic E-state index is 9.79. The standard InChI is InChI=1S/C14H19N3O3/c1-2-11-3-5-13(6-4-11)19-9-12(18)7-15-8-14-16-10-20-17-14/h3-6,10,12,15,18H,2,7-9H2,1H3. The van der Waals surface area contributed by atoms with Crippen LogP contribution in [0, 0.1) is 0 Å². The summed E-state index contributed by atoms with van der Waals surface area (Å²) in [5.74, 6) is 1.33. The van der Waals surface area contributed by atoms with Gasteiger partial charge in [0.25, 0.3) is 0 Å². The Balaban J connectivity index is 1.65. The van der Waals surface area contributed by atoms with Crippen molar-refractivity contribution >= 4 is 0 Å². The molecule has 0 bridgehead atoms. The second kappa shape index (κ2) is 7.62. The van der Waals surface area contributed by atoms with E-state index in [-0.39, 0.29) is 6.61 Å². The van der Waals surface area contributed by atoms with Crippen molar-refractivity contribution in [1.29, 1.82) is 0 Å². The second-order valence-corrected chi connectivity index (χ2v) is 4.44. The Hall–Kier alpha value is -1.92. The van der Waals surface area contributed by atoms with Crippen LogP contribution in [0.25, 0.3) is 0 Å². The lowest BCUT2D eigenvalue weighted by Crippen LogP contribution is -2.31. The zero-order valence-corrected chi connectivity index (χ0v) is 11.5. The number of rotatable bonds is 8. The van der Waals surface area contributed by atoms with Gasteiger partial charge in [0.1, 0.15) is 18.5 Å². The first-order chi connectivity index (χ1) is 9.78. The Bertz CT molecular complexity index is 485. The fourth-order valence-corrected chi connectivity index (χ4v) is 1.69. The summed E-state index contributed by atoms with van der Waals surface area (Å²) >= 11 is 0. The Kier molecular flexibility index (Phi) is 5.52. The molecule has 1 aromatic carbocycles. The number of nitrogens with one attached hydrogen (secondary N) is 1. The highest BCUT2D eigenvalue weighted by molar-refractivity contribution is 5.27. The van der Waals surface area contributed by atoms with Gasteiger partial charge in [0.05, 0.1) is 6.54 Å². The van der Waals surface area contributed by atoms with Crippen LogP contribution < -0.4 is 10.1 Å². The number of aryl methyl sites for hydroxylation is 1. The first kappa shape index (κ1) is 14.5. The van der Waals surface area contributed by atoms with Crippen molar-refractivity contribution in [2.24, 2.45) is 0 Å². The molecule has 0 fully saturated rings. The first-order valence-corrected chi connectivity index (χ1v) is 6.63. The number of ether oxygens (including phenoxy) is 1. The van der Waals surface area contributed by atoms with E-state index in [0.717, 1.165) is 12.2 Å². The topological polar surface area (TPSA) is 80.4 Å². The molecular formula is C14H19N3O3. The molecule has 0 radical (unpaired) electrons. The third kappa shape index (κ3) is 4.64. The molecule has 2 rings (SSSR count). The van der Waals surface area contributed by atoms with Crippen LogP contribution in [0.15, 0.2) is 35.2 Å². The highest BCUT2D eigenvalue weighted by Crippen LogP contribution is 2.12. The smallest absolute Gasteiger partial charge is 0.213 e. The van der Waals surface area contributed by atoms with Crippen molar-refractivity contribution < 1.29 is 14.4 Å². The van der Waals surface area contributed by atoms with Gasteiger partial charge in [-0.3, -0.25) is 0 Å². The summed E-state index contributed by atoms with van der Waals surface area (Å²) in [5.41, 5.74) is 1.26. The number of hydrogen-bond donors (Lipinski definition) is 2. The number of aliphatic hydroxyl groups is 1. The molecule has 0 amide bonds. The maximum Gasteiger partial charge on any atom is 0.213 e. The van der Waals surface area contributed by atoms with E-state index in [1.807, 2.05) is 24.3 Å². The average Bonchev–Trinajstić information content (AvgIpc) is 2.99. The minimum absolute atomic E-state index is 0.241. The lowest BCUT2D eigenvalue weighted by atomic mass is 10.2. The van der Waals surface area contributed by atoms with Crippen molar-refractivity contribution in [2.45, 2.75) is 26.0 Å². The summed E-state index contributed by atoms with van der Waals surface area (Å²) in [6, 6.07) is 7.88. The van der Waals surface area contributed by atoms with Gasteiger partial charge in [0.2, 0.25) is 6.39 Å². The summed E-state index contributed by atoms with van der Waals surface area (Å²) in [4.78, 5) is 3.87. The third-order valence-electron chi connectivity index (χ3n) is 2.84. The van der Waals surface area contributed by atoms with E-state index in [1.54, 1.807) is 0 Å². The largest absolute Gasteiger partial charge is 0.491 e. The fourth-order valence-electron chi connectivity index (χ4n) is 1.69. The van der Waals surface area contributed by atoms with Crippen LogP contribution in [-0.2, 0) is 13.0 Å². The average molecular weight is 277 g/mol. The fraction of sp³-hybridized carbons (Fsp3) is 0.429. The molecule has 2 N–H and O–H groups in total. The van der Waals surface area contributed by atoms with Gasteiger partial charge >= 0.3 is 0 Å². The monoisotopic (exact) mass is 277 g/mol. The highest BCUT2D eigenvalue weighted by atomic mass is 16.5. The number of aromatic nitrogens is 2. The zero-order valence-electron chi connectivity index (χ0n) is 11.5. The molecular weight excluding hydrogens is 258 g/mol. The van der Waals surface area contributed by atoms with Crippen molar-refractivity contribution in [2.75, 3.05) is 13.2 Å². The van der Waals surface area contributed by atoms with Crippen LogP contribution >= 0.6 is 0 Å². The van der Waals surface area contributed by atoms with Crippen LogP contribution in [0.3, 0.4) is 0 Å². The quantitative estimate of drug-likeness (QED) is 0.753. The van der Waals surface area contributed by atoms with Gasteiger partial charge in [0, 0.05) is 6.54 Å². The van der Waals surface area contributed by atoms with Crippen molar-refractivity contribution in [3.8, 4) is 5.75 Å². The Labute approximate surface area is 117 Å². The number of nitrogens with zero attached hydrogens (tertiary/aromatic N) is 2. The first-order valence-electron chi connectivity index (χ1n) is 6.63. The maximum absolute atomic E-state index is 9.79.